The van der Waals surface area contributed by atoms with Crippen molar-refractivity contribution in [2.75, 3.05) is 5.73 Å². The Hall–Kier alpha value is -4.41. The lowest BCUT2D eigenvalue weighted by Crippen LogP contribution is -2.25. The molecule has 0 saturated heterocycles. The van der Waals surface area contributed by atoms with Crippen LogP contribution < -0.4 is 16.6 Å². The maximum atomic E-state index is 14.0. The number of hydrogen-bond acceptors (Lipinski definition) is 4. The Balaban J connectivity index is 1.42. The van der Waals surface area contributed by atoms with Crippen molar-refractivity contribution in [3.63, 3.8) is 0 Å². The molecule has 0 spiro atoms. The summed E-state index contributed by atoms with van der Waals surface area (Å²) in [6, 6.07) is 14.9. The summed E-state index contributed by atoms with van der Waals surface area (Å²) >= 11 is 0. The van der Waals surface area contributed by atoms with Gasteiger partial charge in [0, 0.05) is 30.6 Å². The van der Waals surface area contributed by atoms with Crippen LogP contribution in [0.2, 0.25) is 0 Å². The van der Waals surface area contributed by atoms with Gasteiger partial charge in [-0.2, -0.15) is 18.3 Å². The summed E-state index contributed by atoms with van der Waals surface area (Å²) in [5, 5.41) is 6.37. The molecule has 0 aliphatic carbocycles. The van der Waals surface area contributed by atoms with E-state index < -0.39 is 35.6 Å². The second-order valence-corrected chi connectivity index (χ2v) is 8.06. The number of nitrogens with zero attached hydrogens (tertiary/aromatic N) is 3. The lowest BCUT2D eigenvalue weighted by Gasteiger charge is -2.14. The van der Waals surface area contributed by atoms with E-state index in [0.29, 0.717) is 6.54 Å². The molecule has 0 radical (unpaired) electrons. The van der Waals surface area contributed by atoms with Crippen LogP contribution in [0.5, 0.6) is 0 Å². The number of hydrogen-bond donors (Lipinski definition) is 2. The van der Waals surface area contributed by atoms with Crippen LogP contribution in [0, 0.1) is 5.82 Å². The fraction of sp³-hybridized carbons (Fsp3) is 0.160. The molecule has 4 rings (SSSR count). The number of halogens is 4. The van der Waals surface area contributed by atoms with Crippen molar-refractivity contribution in [3.8, 4) is 0 Å². The number of nitrogens with two attached hydrogens (primary N) is 1. The van der Waals surface area contributed by atoms with E-state index in [0.717, 1.165) is 29.3 Å². The average Bonchev–Trinajstić information content (AvgIpc) is 3.20. The number of carbonyl (C=O) groups is 1. The number of anilines is 1. The zero-order valence-corrected chi connectivity index (χ0v) is 18.8. The van der Waals surface area contributed by atoms with Crippen LogP contribution >= 0.6 is 0 Å². The lowest BCUT2D eigenvalue weighted by atomic mass is 10.1. The highest BCUT2D eigenvalue weighted by Crippen LogP contribution is 2.33. The minimum Gasteiger partial charge on any atom is -0.382 e. The molecular formula is C25H21F4N5O2. The average molecular weight is 499 g/mol. The van der Waals surface area contributed by atoms with Gasteiger partial charge in [0.05, 0.1) is 18.7 Å². The van der Waals surface area contributed by atoms with Crippen LogP contribution in [0.1, 0.15) is 32.6 Å². The smallest absolute Gasteiger partial charge is 0.382 e. The zero-order valence-electron chi connectivity index (χ0n) is 18.8. The Kier molecular flexibility index (Phi) is 6.91. The SMILES string of the molecule is Nc1nn(Cc2ccc(Cn3ccccc3=O)cc2)cc1C(=O)NCc1c(F)cccc1C(F)(F)F. The highest BCUT2D eigenvalue weighted by Gasteiger charge is 2.34. The van der Waals surface area contributed by atoms with Gasteiger partial charge in [-0.1, -0.05) is 36.4 Å². The number of benzene rings is 2. The standard InChI is InChI=1S/C25H21F4N5O2/c26-21-5-3-4-20(25(27,28)29)18(21)12-31-24(36)19-15-34(32-23(19)30)14-17-9-7-16(8-10-17)13-33-11-2-1-6-22(33)35/h1-11,15H,12-14H2,(H2,30,32)(H,31,36). The van der Waals surface area contributed by atoms with E-state index in [9.17, 15) is 27.2 Å². The number of carbonyl (C=O) groups excluding carboxylic acids is 1. The molecule has 36 heavy (non-hydrogen) atoms. The first-order valence-corrected chi connectivity index (χ1v) is 10.8. The molecule has 0 bridgehead atoms. The van der Waals surface area contributed by atoms with E-state index in [1.807, 2.05) is 24.3 Å². The second kappa shape index (κ2) is 10.1. The Morgan fingerprint density at radius 2 is 1.67 bits per heavy atom. The first-order valence-electron chi connectivity index (χ1n) is 10.8. The van der Waals surface area contributed by atoms with Crippen molar-refractivity contribution in [2.24, 2.45) is 0 Å². The summed E-state index contributed by atoms with van der Waals surface area (Å²) in [7, 11) is 0. The van der Waals surface area contributed by atoms with Crippen LogP contribution in [0.3, 0.4) is 0 Å². The molecule has 186 valence electrons. The molecule has 2 aromatic carbocycles. The van der Waals surface area contributed by atoms with Gasteiger partial charge in [0.2, 0.25) is 0 Å². The largest absolute Gasteiger partial charge is 0.416 e. The number of nitrogens with one attached hydrogen (secondary N) is 1. The van der Waals surface area contributed by atoms with Gasteiger partial charge < -0.3 is 15.6 Å². The predicted octanol–water partition coefficient (Wildman–Crippen LogP) is 3.81. The van der Waals surface area contributed by atoms with E-state index in [4.69, 9.17) is 5.73 Å². The highest BCUT2D eigenvalue weighted by molar-refractivity contribution is 5.98. The Labute approximate surface area is 202 Å². The van der Waals surface area contributed by atoms with E-state index in [1.165, 1.54) is 16.9 Å². The van der Waals surface area contributed by atoms with Gasteiger partial charge in [-0.25, -0.2) is 4.39 Å². The van der Waals surface area contributed by atoms with Gasteiger partial charge in [0.1, 0.15) is 11.4 Å². The van der Waals surface area contributed by atoms with E-state index in [1.54, 1.807) is 22.9 Å². The lowest BCUT2D eigenvalue weighted by molar-refractivity contribution is -0.138. The molecule has 0 saturated carbocycles. The maximum absolute atomic E-state index is 14.0. The number of nitrogen functional groups attached to an aromatic ring is 1. The topological polar surface area (TPSA) is 94.9 Å². The third-order valence-corrected chi connectivity index (χ3v) is 5.50. The molecule has 1 amide bonds. The summed E-state index contributed by atoms with van der Waals surface area (Å²) in [5.74, 6) is -1.97. The monoisotopic (exact) mass is 499 g/mol. The van der Waals surface area contributed by atoms with Gasteiger partial charge >= 0.3 is 6.18 Å². The number of alkyl halides is 3. The van der Waals surface area contributed by atoms with Gasteiger partial charge in [0.15, 0.2) is 5.82 Å². The molecule has 0 aliphatic rings. The molecule has 11 heteroatoms. The minimum absolute atomic E-state index is 0.0417. The fourth-order valence-electron chi connectivity index (χ4n) is 3.69. The number of aromatic nitrogens is 3. The highest BCUT2D eigenvalue weighted by atomic mass is 19.4. The van der Waals surface area contributed by atoms with Crippen LogP contribution in [0.15, 0.2) is 77.9 Å². The summed E-state index contributed by atoms with van der Waals surface area (Å²) in [4.78, 5) is 24.4. The molecule has 7 nitrogen and oxygen atoms in total. The van der Waals surface area contributed by atoms with Crippen molar-refractivity contribution in [3.05, 3.63) is 117 Å². The number of amides is 1. The normalized spacial score (nSPS) is 11.4. The Morgan fingerprint density at radius 1 is 0.972 bits per heavy atom. The van der Waals surface area contributed by atoms with Crippen molar-refractivity contribution in [1.82, 2.24) is 19.7 Å². The van der Waals surface area contributed by atoms with Gasteiger partial charge in [-0.05, 0) is 29.3 Å². The second-order valence-electron chi connectivity index (χ2n) is 8.06. The van der Waals surface area contributed by atoms with Crippen molar-refractivity contribution in [1.29, 1.82) is 0 Å². The van der Waals surface area contributed by atoms with Gasteiger partial charge in [-0.15, -0.1) is 0 Å². The summed E-state index contributed by atoms with van der Waals surface area (Å²) in [5.41, 5.74) is 5.62. The molecule has 3 N–H and O–H groups in total. The van der Waals surface area contributed by atoms with Gasteiger partial charge in [-0.3, -0.25) is 14.3 Å². The molecule has 4 aromatic rings. The van der Waals surface area contributed by atoms with E-state index in [2.05, 4.69) is 10.4 Å². The quantitative estimate of drug-likeness (QED) is 0.378. The van der Waals surface area contributed by atoms with Crippen LogP contribution in [0.4, 0.5) is 23.4 Å². The van der Waals surface area contributed by atoms with E-state index in [-0.39, 0.29) is 23.5 Å². The molecule has 2 heterocycles. The Morgan fingerprint density at radius 3 is 2.33 bits per heavy atom. The van der Waals surface area contributed by atoms with Crippen molar-refractivity contribution < 1.29 is 22.4 Å². The third-order valence-electron chi connectivity index (χ3n) is 5.50. The number of pyridine rings is 1. The van der Waals surface area contributed by atoms with Crippen molar-refractivity contribution in [2.45, 2.75) is 25.8 Å². The summed E-state index contributed by atoms with van der Waals surface area (Å²) in [6.07, 6.45) is -1.70. The van der Waals surface area contributed by atoms with Crippen LogP contribution in [-0.4, -0.2) is 20.3 Å². The molecule has 0 aliphatic heterocycles. The van der Waals surface area contributed by atoms with Crippen LogP contribution in [0.25, 0.3) is 0 Å². The fourth-order valence-corrected chi connectivity index (χ4v) is 3.69. The molecule has 0 unspecified atom stereocenters. The van der Waals surface area contributed by atoms with Gasteiger partial charge in [0.25, 0.3) is 11.5 Å². The first-order chi connectivity index (χ1) is 17.1. The third kappa shape index (κ3) is 5.62. The number of rotatable bonds is 7. The molecular weight excluding hydrogens is 478 g/mol. The molecule has 0 atom stereocenters. The minimum atomic E-state index is -4.77. The summed E-state index contributed by atoms with van der Waals surface area (Å²) < 4.78 is 56.5. The van der Waals surface area contributed by atoms with Crippen molar-refractivity contribution >= 4 is 11.7 Å². The van der Waals surface area contributed by atoms with E-state index >= 15 is 0 Å². The first kappa shape index (κ1) is 24.7. The zero-order chi connectivity index (χ0) is 25.9. The summed E-state index contributed by atoms with van der Waals surface area (Å²) in [6.45, 7) is 0.0164. The Bertz CT molecular complexity index is 1440. The van der Waals surface area contributed by atoms with Crippen LogP contribution in [-0.2, 0) is 25.8 Å². The predicted molar refractivity (Wildman–Crippen MR) is 125 cm³/mol. The maximum Gasteiger partial charge on any atom is 0.416 e. The molecule has 0 fully saturated rings. The molecule has 2 aromatic heterocycles.